The third kappa shape index (κ3) is 2.80. The van der Waals surface area contributed by atoms with E-state index in [-0.39, 0.29) is 24.1 Å². The van der Waals surface area contributed by atoms with E-state index in [2.05, 4.69) is 26.1 Å². The number of carbonyl (C=O) groups excluding carboxylic acids is 1. The van der Waals surface area contributed by atoms with Crippen LogP contribution in [0.5, 0.6) is 0 Å². The Balaban J connectivity index is 1.85. The second-order valence-electron chi connectivity index (χ2n) is 5.47. The van der Waals surface area contributed by atoms with E-state index < -0.39 is 0 Å². The molecule has 2 aliphatic rings. The van der Waals surface area contributed by atoms with Crippen LogP contribution in [0, 0.1) is 0 Å². The summed E-state index contributed by atoms with van der Waals surface area (Å²) in [4.78, 5) is 14.1. The summed E-state index contributed by atoms with van der Waals surface area (Å²) in [6.45, 7) is 8.02. The molecular weight excluding hydrogens is 216 g/mol. The highest BCUT2D eigenvalue weighted by atomic mass is 16.5. The number of likely N-dealkylation sites (tertiary alicyclic amines) is 1. The SMILES string of the molecule is CC(NC1CCN(C(C)C)C1=O)C1CCCO1. The van der Waals surface area contributed by atoms with E-state index in [4.69, 9.17) is 4.74 Å². The molecule has 2 fully saturated rings. The van der Waals surface area contributed by atoms with Gasteiger partial charge in [0.1, 0.15) is 0 Å². The molecule has 98 valence electrons. The van der Waals surface area contributed by atoms with Crippen LogP contribution in [-0.4, -0.2) is 48.2 Å². The molecular formula is C13H24N2O2. The molecule has 0 aromatic carbocycles. The number of hydrogen-bond donors (Lipinski definition) is 1. The molecule has 0 radical (unpaired) electrons. The lowest BCUT2D eigenvalue weighted by Gasteiger charge is -2.25. The van der Waals surface area contributed by atoms with Crippen molar-refractivity contribution >= 4 is 5.91 Å². The van der Waals surface area contributed by atoms with Gasteiger partial charge in [0.05, 0.1) is 12.1 Å². The molecule has 4 nitrogen and oxygen atoms in total. The zero-order chi connectivity index (χ0) is 12.4. The first kappa shape index (κ1) is 12.8. The molecule has 4 heteroatoms. The first-order chi connectivity index (χ1) is 8.09. The fraction of sp³-hybridized carbons (Fsp3) is 0.923. The lowest BCUT2D eigenvalue weighted by atomic mass is 10.1. The van der Waals surface area contributed by atoms with Crippen LogP contribution in [0.1, 0.15) is 40.0 Å². The molecule has 2 aliphatic heterocycles. The van der Waals surface area contributed by atoms with E-state index in [0.717, 1.165) is 32.4 Å². The van der Waals surface area contributed by atoms with Crippen molar-refractivity contribution in [3.8, 4) is 0 Å². The third-order valence-electron chi connectivity index (χ3n) is 3.85. The summed E-state index contributed by atoms with van der Waals surface area (Å²) in [6.07, 6.45) is 3.47. The molecule has 1 N–H and O–H groups in total. The standard InChI is InChI=1S/C13H24N2O2/c1-9(2)15-7-6-11(13(15)16)14-10(3)12-5-4-8-17-12/h9-12,14H,4-8H2,1-3H3. The number of nitrogens with one attached hydrogen (secondary N) is 1. The van der Waals surface area contributed by atoms with Crippen LogP contribution >= 0.6 is 0 Å². The third-order valence-corrected chi connectivity index (χ3v) is 3.85. The summed E-state index contributed by atoms with van der Waals surface area (Å²) in [5.74, 6) is 0.254. The Morgan fingerprint density at radius 2 is 2.12 bits per heavy atom. The monoisotopic (exact) mass is 240 g/mol. The zero-order valence-electron chi connectivity index (χ0n) is 11.1. The fourth-order valence-corrected chi connectivity index (χ4v) is 2.79. The molecule has 0 bridgehead atoms. The smallest absolute Gasteiger partial charge is 0.240 e. The van der Waals surface area contributed by atoms with E-state index in [9.17, 15) is 4.79 Å². The average molecular weight is 240 g/mol. The molecule has 17 heavy (non-hydrogen) atoms. The van der Waals surface area contributed by atoms with Crippen LogP contribution < -0.4 is 5.32 Å². The van der Waals surface area contributed by atoms with E-state index >= 15 is 0 Å². The first-order valence-electron chi connectivity index (χ1n) is 6.77. The van der Waals surface area contributed by atoms with Gasteiger partial charge >= 0.3 is 0 Å². The van der Waals surface area contributed by atoms with Crippen molar-refractivity contribution in [1.29, 1.82) is 0 Å². The van der Waals surface area contributed by atoms with Gasteiger partial charge in [-0.3, -0.25) is 4.79 Å². The Bertz CT molecular complexity index is 275. The molecule has 2 saturated heterocycles. The van der Waals surface area contributed by atoms with E-state index in [1.165, 1.54) is 0 Å². The van der Waals surface area contributed by atoms with Gasteiger partial charge in [0.25, 0.3) is 0 Å². The Hall–Kier alpha value is -0.610. The predicted octanol–water partition coefficient (Wildman–Crippen LogP) is 1.15. The van der Waals surface area contributed by atoms with Crippen molar-refractivity contribution in [1.82, 2.24) is 10.2 Å². The molecule has 0 aromatic heterocycles. The van der Waals surface area contributed by atoms with Gasteiger partial charge in [-0.05, 0) is 40.0 Å². The molecule has 0 spiro atoms. The lowest BCUT2D eigenvalue weighted by molar-refractivity contribution is -0.131. The average Bonchev–Trinajstić information content (AvgIpc) is 2.89. The molecule has 1 amide bonds. The topological polar surface area (TPSA) is 41.6 Å². The number of ether oxygens (including phenoxy) is 1. The highest BCUT2D eigenvalue weighted by molar-refractivity contribution is 5.84. The minimum atomic E-state index is -0.00315. The second kappa shape index (κ2) is 5.36. The van der Waals surface area contributed by atoms with Crippen molar-refractivity contribution in [2.24, 2.45) is 0 Å². The summed E-state index contributed by atoms with van der Waals surface area (Å²) in [5, 5.41) is 3.44. The van der Waals surface area contributed by atoms with Crippen molar-refractivity contribution in [3.05, 3.63) is 0 Å². The maximum Gasteiger partial charge on any atom is 0.240 e. The van der Waals surface area contributed by atoms with E-state index in [1.54, 1.807) is 0 Å². The number of nitrogens with zero attached hydrogens (tertiary/aromatic N) is 1. The first-order valence-corrected chi connectivity index (χ1v) is 6.77. The van der Waals surface area contributed by atoms with Gasteiger partial charge in [-0.25, -0.2) is 0 Å². The van der Waals surface area contributed by atoms with Crippen molar-refractivity contribution < 1.29 is 9.53 Å². The summed E-state index contributed by atoms with van der Waals surface area (Å²) in [6, 6.07) is 0.586. The molecule has 2 heterocycles. The van der Waals surface area contributed by atoms with Crippen molar-refractivity contribution in [3.63, 3.8) is 0 Å². The minimum Gasteiger partial charge on any atom is -0.377 e. The second-order valence-corrected chi connectivity index (χ2v) is 5.47. The maximum absolute atomic E-state index is 12.1. The fourth-order valence-electron chi connectivity index (χ4n) is 2.79. The molecule has 0 aromatic rings. The normalized spacial score (nSPS) is 31.5. The molecule has 0 aliphatic carbocycles. The van der Waals surface area contributed by atoms with Gasteiger partial charge in [-0.2, -0.15) is 0 Å². The van der Waals surface area contributed by atoms with Gasteiger partial charge in [0.2, 0.25) is 5.91 Å². The van der Waals surface area contributed by atoms with Gasteiger partial charge in [0.15, 0.2) is 0 Å². The van der Waals surface area contributed by atoms with Crippen LogP contribution in [0.25, 0.3) is 0 Å². The minimum absolute atomic E-state index is 0.00315. The number of hydrogen-bond acceptors (Lipinski definition) is 3. The summed E-state index contributed by atoms with van der Waals surface area (Å²) in [5.41, 5.74) is 0. The van der Waals surface area contributed by atoms with Gasteiger partial charge in [0, 0.05) is 25.2 Å². The van der Waals surface area contributed by atoms with E-state index in [1.807, 2.05) is 4.90 Å². The van der Waals surface area contributed by atoms with E-state index in [0.29, 0.717) is 6.04 Å². The predicted molar refractivity (Wildman–Crippen MR) is 66.8 cm³/mol. The van der Waals surface area contributed by atoms with Crippen LogP contribution in [-0.2, 0) is 9.53 Å². The van der Waals surface area contributed by atoms with Crippen LogP contribution in [0.2, 0.25) is 0 Å². The number of carbonyl (C=O) groups is 1. The molecule has 3 atom stereocenters. The van der Waals surface area contributed by atoms with Gasteiger partial charge in [-0.15, -0.1) is 0 Å². The largest absolute Gasteiger partial charge is 0.377 e. The van der Waals surface area contributed by atoms with Crippen LogP contribution in [0.3, 0.4) is 0 Å². The number of rotatable bonds is 4. The quantitative estimate of drug-likeness (QED) is 0.801. The maximum atomic E-state index is 12.1. The highest BCUT2D eigenvalue weighted by Gasteiger charge is 2.35. The Morgan fingerprint density at radius 1 is 1.35 bits per heavy atom. The Labute approximate surface area is 104 Å². The highest BCUT2D eigenvalue weighted by Crippen LogP contribution is 2.19. The summed E-state index contributed by atoms with van der Waals surface area (Å²) >= 11 is 0. The Kier molecular flexibility index (Phi) is 4.05. The summed E-state index contributed by atoms with van der Waals surface area (Å²) < 4.78 is 5.65. The summed E-state index contributed by atoms with van der Waals surface area (Å²) in [7, 11) is 0. The van der Waals surface area contributed by atoms with Crippen LogP contribution in [0.15, 0.2) is 0 Å². The lowest BCUT2D eigenvalue weighted by Crippen LogP contribution is -2.47. The van der Waals surface area contributed by atoms with Crippen molar-refractivity contribution in [2.75, 3.05) is 13.2 Å². The molecule has 2 rings (SSSR count). The molecule has 3 unspecified atom stereocenters. The number of amides is 1. The van der Waals surface area contributed by atoms with Crippen LogP contribution in [0.4, 0.5) is 0 Å². The molecule has 0 saturated carbocycles. The zero-order valence-corrected chi connectivity index (χ0v) is 11.1. The van der Waals surface area contributed by atoms with Gasteiger partial charge in [-0.1, -0.05) is 0 Å². The van der Waals surface area contributed by atoms with Gasteiger partial charge < -0.3 is 15.0 Å². The van der Waals surface area contributed by atoms with Crippen molar-refractivity contribution in [2.45, 2.75) is 64.3 Å². The Morgan fingerprint density at radius 3 is 2.65 bits per heavy atom.